The summed E-state index contributed by atoms with van der Waals surface area (Å²) in [4.78, 5) is 16.5. The number of benzene rings is 1. The molecular formula is C17H21NO2S. The molecule has 0 aliphatic carbocycles. The second-order valence-corrected chi connectivity index (χ2v) is 6.54. The third-order valence-electron chi connectivity index (χ3n) is 3.44. The highest BCUT2D eigenvalue weighted by atomic mass is 32.1. The molecule has 21 heavy (non-hydrogen) atoms. The van der Waals surface area contributed by atoms with E-state index in [2.05, 4.69) is 12.1 Å². The van der Waals surface area contributed by atoms with Crippen LogP contribution >= 0.6 is 11.3 Å². The first-order valence-corrected chi connectivity index (χ1v) is 7.94. The van der Waals surface area contributed by atoms with E-state index in [1.54, 1.807) is 16.2 Å². The topological polar surface area (TPSA) is 40.5 Å². The van der Waals surface area contributed by atoms with Gasteiger partial charge in [-0.15, -0.1) is 11.3 Å². The Morgan fingerprint density at radius 1 is 1.19 bits per heavy atom. The van der Waals surface area contributed by atoms with Gasteiger partial charge < -0.3 is 10.0 Å². The lowest BCUT2D eigenvalue weighted by Crippen LogP contribution is -2.35. The molecule has 0 aliphatic rings. The number of carbonyl (C=O) groups is 1. The van der Waals surface area contributed by atoms with Crippen molar-refractivity contribution >= 4 is 17.2 Å². The number of amides is 1. The first-order chi connectivity index (χ1) is 10.1. The summed E-state index contributed by atoms with van der Waals surface area (Å²) < 4.78 is 0. The lowest BCUT2D eigenvalue weighted by Gasteiger charge is -2.21. The summed E-state index contributed by atoms with van der Waals surface area (Å²) in [6.45, 7) is 4.97. The maximum atomic E-state index is 12.6. The number of rotatable bonds is 6. The van der Waals surface area contributed by atoms with E-state index in [0.717, 1.165) is 21.7 Å². The van der Waals surface area contributed by atoms with Crippen molar-refractivity contribution in [1.29, 1.82) is 0 Å². The molecule has 3 nitrogen and oxygen atoms in total. The molecule has 2 rings (SSSR count). The Morgan fingerprint density at radius 2 is 1.90 bits per heavy atom. The molecular weight excluding hydrogens is 282 g/mol. The van der Waals surface area contributed by atoms with Gasteiger partial charge in [0.1, 0.15) is 0 Å². The second kappa shape index (κ2) is 7.38. The van der Waals surface area contributed by atoms with Crippen molar-refractivity contribution in [2.75, 3.05) is 19.7 Å². The molecule has 0 fully saturated rings. The Kier molecular flexibility index (Phi) is 5.53. The first-order valence-electron chi connectivity index (χ1n) is 7.13. The smallest absolute Gasteiger partial charge is 0.255 e. The average molecular weight is 303 g/mol. The summed E-state index contributed by atoms with van der Waals surface area (Å²) in [5, 5.41) is 9.21. The third-order valence-corrected chi connectivity index (χ3v) is 4.41. The molecule has 4 heteroatoms. The number of thiophene rings is 1. The van der Waals surface area contributed by atoms with E-state index in [1.165, 1.54) is 5.56 Å². The summed E-state index contributed by atoms with van der Waals surface area (Å²) >= 11 is 1.64. The predicted molar refractivity (Wildman–Crippen MR) is 86.9 cm³/mol. The van der Waals surface area contributed by atoms with Gasteiger partial charge in [-0.2, -0.15) is 0 Å². The SMILES string of the molecule is Cc1cc(C(=O)N(CCO)CCc2ccccc2)c(C)s1. The number of hydrogen-bond acceptors (Lipinski definition) is 3. The van der Waals surface area contributed by atoms with Crippen LogP contribution in [0, 0.1) is 13.8 Å². The minimum atomic E-state index is -0.0112. The molecule has 1 N–H and O–H groups in total. The molecule has 0 unspecified atom stereocenters. The number of aliphatic hydroxyl groups excluding tert-OH is 1. The van der Waals surface area contributed by atoms with Gasteiger partial charge in [0.15, 0.2) is 0 Å². The summed E-state index contributed by atoms with van der Waals surface area (Å²) in [6.07, 6.45) is 0.800. The second-order valence-electron chi connectivity index (χ2n) is 5.08. The fourth-order valence-corrected chi connectivity index (χ4v) is 3.27. The zero-order valence-electron chi connectivity index (χ0n) is 12.5. The van der Waals surface area contributed by atoms with Crippen LogP contribution in [0.5, 0.6) is 0 Å². The van der Waals surface area contributed by atoms with Gasteiger partial charge in [-0.25, -0.2) is 0 Å². The van der Waals surface area contributed by atoms with Gasteiger partial charge >= 0.3 is 0 Å². The maximum absolute atomic E-state index is 12.6. The molecule has 1 heterocycles. The van der Waals surface area contributed by atoms with Gasteiger partial charge in [0.05, 0.1) is 12.2 Å². The van der Waals surface area contributed by atoms with E-state index in [4.69, 9.17) is 0 Å². The molecule has 0 aliphatic heterocycles. The van der Waals surface area contributed by atoms with Crippen LogP contribution in [-0.2, 0) is 6.42 Å². The van der Waals surface area contributed by atoms with Crippen LogP contribution in [0.25, 0.3) is 0 Å². The molecule has 0 radical (unpaired) electrons. The van der Waals surface area contributed by atoms with Crippen molar-refractivity contribution in [2.24, 2.45) is 0 Å². The number of aliphatic hydroxyl groups is 1. The van der Waals surface area contributed by atoms with Crippen LogP contribution in [0.1, 0.15) is 25.7 Å². The van der Waals surface area contributed by atoms with Crippen LogP contribution in [0.2, 0.25) is 0 Å². The molecule has 2 aromatic rings. The largest absolute Gasteiger partial charge is 0.395 e. The van der Waals surface area contributed by atoms with Crippen LogP contribution in [0.4, 0.5) is 0 Å². The van der Waals surface area contributed by atoms with E-state index in [0.29, 0.717) is 13.1 Å². The van der Waals surface area contributed by atoms with Crippen molar-refractivity contribution in [3.8, 4) is 0 Å². The van der Waals surface area contributed by atoms with Crippen LogP contribution in [0.3, 0.4) is 0 Å². The minimum Gasteiger partial charge on any atom is -0.395 e. The van der Waals surface area contributed by atoms with Gasteiger partial charge in [0.2, 0.25) is 0 Å². The zero-order chi connectivity index (χ0) is 15.2. The lowest BCUT2D eigenvalue weighted by molar-refractivity contribution is 0.0724. The number of hydrogen-bond donors (Lipinski definition) is 1. The molecule has 1 aromatic carbocycles. The fourth-order valence-electron chi connectivity index (χ4n) is 2.36. The molecule has 0 saturated carbocycles. The van der Waals surface area contributed by atoms with E-state index in [9.17, 15) is 9.90 Å². The molecule has 112 valence electrons. The average Bonchev–Trinajstić information content (AvgIpc) is 2.82. The number of aryl methyl sites for hydroxylation is 2. The molecule has 0 bridgehead atoms. The Bertz CT molecular complexity index is 592. The number of nitrogens with zero attached hydrogens (tertiary/aromatic N) is 1. The van der Waals surface area contributed by atoms with Gasteiger partial charge in [0, 0.05) is 22.8 Å². The van der Waals surface area contributed by atoms with E-state index in [1.807, 2.05) is 38.1 Å². The predicted octanol–water partition coefficient (Wildman–Crippen LogP) is 3.04. The van der Waals surface area contributed by atoms with Crippen LogP contribution in [0.15, 0.2) is 36.4 Å². The molecule has 0 saturated heterocycles. The Hall–Kier alpha value is -1.65. The van der Waals surface area contributed by atoms with Crippen LogP contribution in [-0.4, -0.2) is 35.6 Å². The van der Waals surface area contributed by atoms with E-state index >= 15 is 0 Å². The molecule has 1 amide bonds. The molecule has 0 atom stereocenters. The van der Waals surface area contributed by atoms with Crippen molar-refractivity contribution in [3.05, 3.63) is 57.3 Å². The summed E-state index contributed by atoms with van der Waals surface area (Å²) in [6, 6.07) is 12.0. The minimum absolute atomic E-state index is 0.0112. The van der Waals surface area contributed by atoms with Crippen molar-refractivity contribution in [3.63, 3.8) is 0 Å². The Labute approximate surface area is 129 Å². The summed E-state index contributed by atoms with van der Waals surface area (Å²) in [5.41, 5.74) is 1.96. The maximum Gasteiger partial charge on any atom is 0.255 e. The van der Waals surface area contributed by atoms with Gasteiger partial charge in [-0.05, 0) is 31.9 Å². The normalized spacial score (nSPS) is 10.6. The summed E-state index contributed by atoms with van der Waals surface area (Å²) in [7, 11) is 0. The lowest BCUT2D eigenvalue weighted by atomic mass is 10.1. The Morgan fingerprint density at radius 3 is 2.48 bits per heavy atom. The first kappa shape index (κ1) is 15.7. The Balaban J connectivity index is 2.07. The standard InChI is InChI=1S/C17H21NO2S/c1-13-12-16(14(2)21-13)17(20)18(10-11-19)9-8-15-6-4-3-5-7-15/h3-7,12,19H,8-11H2,1-2H3. The van der Waals surface area contributed by atoms with Crippen molar-refractivity contribution < 1.29 is 9.90 Å². The van der Waals surface area contributed by atoms with Gasteiger partial charge in [-0.3, -0.25) is 4.79 Å². The quantitative estimate of drug-likeness (QED) is 0.891. The third kappa shape index (κ3) is 4.16. The fraction of sp³-hybridized carbons (Fsp3) is 0.353. The van der Waals surface area contributed by atoms with Crippen LogP contribution < -0.4 is 0 Å². The molecule has 1 aromatic heterocycles. The van der Waals surface area contributed by atoms with Crippen molar-refractivity contribution in [1.82, 2.24) is 4.90 Å². The highest BCUT2D eigenvalue weighted by molar-refractivity contribution is 7.12. The van der Waals surface area contributed by atoms with E-state index in [-0.39, 0.29) is 12.5 Å². The highest BCUT2D eigenvalue weighted by Gasteiger charge is 2.18. The molecule has 0 spiro atoms. The summed E-state index contributed by atoms with van der Waals surface area (Å²) in [5.74, 6) is 0.0156. The van der Waals surface area contributed by atoms with Gasteiger partial charge in [-0.1, -0.05) is 30.3 Å². The zero-order valence-corrected chi connectivity index (χ0v) is 13.3. The van der Waals surface area contributed by atoms with E-state index < -0.39 is 0 Å². The highest BCUT2D eigenvalue weighted by Crippen LogP contribution is 2.22. The monoisotopic (exact) mass is 303 g/mol. The van der Waals surface area contributed by atoms with Crippen molar-refractivity contribution in [2.45, 2.75) is 20.3 Å². The number of carbonyl (C=O) groups excluding carboxylic acids is 1. The van der Waals surface area contributed by atoms with Gasteiger partial charge in [0.25, 0.3) is 5.91 Å².